The molecule has 2 N–H and O–H groups in total. The van der Waals surface area contributed by atoms with Crippen LogP contribution in [0.25, 0.3) is 0 Å². The van der Waals surface area contributed by atoms with E-state index in [1.807, 2.05) is 6.07 Å². The molecule has 1 unspecified atom stereocenters. The molecule has 7 heteroatoms. The highest BCUT2D eigenvalue weighted by molar-refractivity contribution is 7.14. The molecule has 1 amide bonds. The summed E-state index contributed by atoms with van der Waals surface area (Å²) in [5, 5.41) is 11.6. The molecule has 1 heterocycles. The summed E-state index contributed by atoms with van der Waals surface area (Å²) in [6.45, 7) is 1.49. The van der Waals surface area contributed by atoms with Gasteiger partial charge in [0.15, 0.2) is 6.10 Å². The molecule has 0 saturated carbocycles. The number of rotatable bonds is 5. The number of aromatic carboxylic acids is 1. The fourth-order valence-corrected chi connectivity index (χ4v) is 3.97. The Hall–Kier alpha value is -2.67. The van der Waals surface area contributed by atoms with E-state index in [-0.39, 0.29) is 5.56 Å². The third kappa shape index (κ3) is 4.11. The van der Waals surface area contributed by atoms with Gasteiger partial charge in [-0.25, -0.2) is 9.59 Å². The number of amides is 1. The van der Waals surface area contributed by atoms with Gasteiger partial charge in [-0.3, -0.25) is 4.79 Å². The van der Waals surface area contributed by atoms with Crippen LogP contribution in [0.4, 0.5) is 5.69 Å². The van der Waals surface area contributed by atoms with Crippen molar-refractivity contribution in [2.75, 3.05) is 5.32 Å². The molecule has 1 atom stereocenters. The van der Waals surface area contributed by atoms with Gasteiger partial charge in [-0.2, -0.15) is 0 Å². The summed E-state index contributed by atoms with van der Waals surface area (Å²) in [5.41, 5.74) is 1.61. The summed E-state index contributed by atoms with van der Waals surface area (Å²) in [6.07, 6.45) is 3.25. The second kappa shape index (κ2) is 7.70. The number of anilines is 1. The van der Waals surface area contributed by atoms with Crippen molar-refractivity contribution in [3.8, 4) is 0 Å². The molecule has 1 aromatic carbocycles. The zero-order valence-electron chi connectivity index (χ0n) is 14.3. The van der Waals surface area contributed by atoms with Crippen molar-refractivity contribution in [2.24, 2.45) is 0 Å². The Morgan fingerprint density at radius 3 is 2.69 bits per heavy atom. The van der Waals surface area contributed by atoms with Crippen molar-refractivity contribution in [3.05, 3.63) is 51.2 Å². The standard InChI is InChI=1S/C19H19NO5S/c1-11(17(21)20-14-7-4-6-13(9-14)18(22)23)25-19(24)16-10-12-5-2-3-8-15(12)26-16/h4,6-7,9-11H,2-3,5,8H2,1H3,(H,20,21)(H,22,23). The Labute approximate surface area is 154 Å². The number of carbonyl (C=O) groups excluding carboxylic acids is 2. The summed E-state index contributed by atoms with van der Waals surface area (Å²) >= 11 is 1.43. The van der Waals surface area contributed by atoms with Crippen LogP contribution in [0.3, 0.4) is 0 Å². The Bertz CT molecular complexity index is 834. The lowest BCUT2D eigenvalue weighted by Crippen LogP contribution is -2.29. The molecule has 0 bridgehead atoms. The molecule has 0 radical (unpaired) electrons. The minimum atomic E-state index is -1.08. The van der Waals surface area contributed by atoms with Crippen LogP contribution in [0.5, 0.6) is 0 Å². The first-order chi connectivity index (χ1) is 12.4. The van der Waals surface area contributed by atoms with E-state index in [1.165, 1.54) is 46.9 Å². The van der Waals surface area contributed by atoms with Crippen molar-refractivity contribution in [2.45, 2.75) is 38.7 Å². The van der Waals surface area contributed by atoms with E-state index in [0.29, 0.717) is 10.6 Å². The molecule has 0 fully saturated rings. The minimum Gasteiger partial charge on any atom is -0.478 e. The van der Waals surface area contributed by atoms with Crippen LogP contribution in [0.2, 0.25) is 0 Å². The summed E-state index contributed by atoms with van der Waals surface area (Å²) in [6, 6.07) is 7.75. The zero-order chi connectivity index (χ0) is 18.7. The van der Waals surface area contributed by atoms with E-state index in [1.54, 1.807) is 6.07 Å². The second-order valence-corrected chi connectivity index (χ2v) is 7.33. The fourth-order valence-electron chi connectivity index (χ4n) is 2.84. The lowest BCUT2D eigenvalue weighted by molar-refractivity contribution is -0.123. The van der Waals surface area contributed by atoms with Crippen LogP contribution in [-0.4, -0.2) is 29.1 Å². The van der Waals surface area contributed by atoms with Gasteiger partial charge in [0.2, 0.25) is 0 Å². The number of carboxylic acids is 1. The van der Waals surface area contributed by atoms with Gasteiger partial charge in [0.1, 0.15) is 4.88 Å². The van der Waals surface area contributed by atoms with Crippen molar-refractivity contribution in [1.29, 1.82) is 0 Å². The van der Waals surface area contributed by atoms with Gasteiger partial charge in [-0.15, -0.1) is 11.3 Å². The van der Waals surface area contributed by atoms with Crippen LogP contribution in [0.15, 0.2) is 30.3 Å². The smallest absolute Gasteiger partial charge is 0.349 e. The first-order valence-electron chi connectivity index (χ1n) is 8.41. The first kappa shape index (κ1) is 18.1. The number of nitrogens with one attached hydrogen (secondary N) is 1. The molecule has 0 aliphatic heterocycles. The fraction of sp³-hybridized carbons (Fsp3) is 0.316. The van der Waals surface area contributed by atoms with Crippen molar-refractivity contribution in [3.63, 3.8) is 0 Å². The van der Waals surface area contributed by atoms with Crippen LogP contribution in [0.1, 0.15) is 50.2 Å². The summed E-state index contributed by atoms with van der Waals surface area (Å²) in [5.74, 6) is -2.10. The molecule has 0 saturated heterocycles. The maximum atomic E-state index is 12.3. The predicted octanol–water partition coefficient (Wildman–Crippen LogP) is 3.51. The highest BCUT2D eigenvalue weighted by Gasteiger charge is 2.23. The lowest BCUT2D eigenvalue weighted by atomic mass is 9.99. The Morgan fingerprint density at radius 2 is 1.96 bits per heavy atom. The van der Waals surface area contributed by atoms with Crippen LogP contribution in [0, 0.1) is 0 Å². The number of hydrogen-bond donors (Lipinski definition) is 2. The minimum absolute atomic E-state index is 0.0663. The lowest BCUT2D eigenvalue weighted by Gasteiger charge is -2.13. The number of hydrogen-bond acceptors (Lipinski definition) is 5. The predicted molar refractivity (Wildman–Crippen MR) is 97.9 cm³/mol. The van der Waals surface area contributed by atoms with E-state index in [2.05, 4.69) is 5.32 Å². The topological polar surface area (TPSA) is 92.7 Å². The average Bonchev–Trinajstić information content (AvgIpc) is 3.06. The van der Waals surface area contributed by atoms with E-state index in [0.717, 1.165) is 25.7 Å². The van der Waals surface area contributed by atoms with Crippen LogP contribution in [-0.2, 0) is 22.4 Å². The quantitative estimate of drug-likeness (QED) is 0.783. The zero-order valence-corrected chi connectivity index (χ0v) is 15.1. The molecule has 0 spiro atoms. The van der Waals surface area contributed by atoms with Gasteiger partial charge in [-0.1, -0.05) is 6.07 Å². The summed E-state index contributed by atoms with van der Waals surface area (Å²) in [4.78, 5) is 37.2. The maximum absolute atomic E-state index is 12.3. The third-order valence-corrected chi connectivity index (χ3v) is 5.45. The normalized spacial score (nSPS) is 14.2. The van der Waals surface area contributed by atoms with E-state index >= 15 is 0 Å². The molecule has 1 aromatic heterocycles. The maximum Gasteiger partial charge on any atom is 0.349 e. The molecule has 1 aliphatic carbocycles. The van der Waals surface area contributed by atoms with Gasteiger partial charge < -0.3 is 15.2 Å². The first-order valence-corrected chi connectivity index (χ1v) is 9.22. The summed E-state index contributed by atoms with van der Waals surface area (Å²) in [7, 11) is 0. The number of ether oxygens (including phenoxy) is 1. The number of carbonyl (C=O) groups is 3. The Morgan fingerprint density at radius 1 is 1.19 bits per heavy atom. The molecule has 26 heavy (non-hydrogen) atoms. The Kier molecular flexibility index (Phi) is 5.37. The number of fused-ring (bicyclic) bond motifs is 1. The molecule has 6 nitrogen and oxygen atoms in total. The average molecular weight is 373 g/mol. The largest absolute Gasteiger partial charge is 0.478 e. The third-order valence-electron chi connectivity index (χ3n) is 4.23. The van der Waals surface area contributed by atoms with E-state index < -0.39 is 23.9 Å². The SMILES string of the molecule is CC(OC(=O)c1cc2c(s1)CCCC2)C(=O)Nc1cccc(C(=O)O)c1. The van der Waals surface area contributed by atoms with Crippen molar-refractivity contribution >= 4 is 34.9 Å². The molecule has 136 valence electrons. The number of thiophene rings is 1. The monoisotopic (exact) mass is 373 g/mol. The Balaban J connectivity index is 1.62. The summed E-state index contributed by atoms with van der Waals surface area (Å²) < 4.78 is 5.27. The van der Waals surface area contributed by atoms with Gasteiger partial charge in [0.25, 0.3) is 5.91 Å². The van der Waals surface area contributed by atoms with E-state index in [9.17, 15) is 14.4 Å². The molecule has 1 aliphatic rings. The van der Waals surface area contributed by atoms with Crippen LogP contribution < -0.4 is 5.32 Å². The molecular weight excluding hydrogens is 354 g/mol. The second-order valence-electron chi connectivity index (χ2n) is 6.19. The van der Waals surface area contributed by atoms with Gasteiger partial charge in [0.05, 0.1) is 5.56 Å². The molecule has 3 rings (SSSR count). The van der Waals surface area contributed by atoms with Gasteiger partial charge in [0, 0.05) is 10.6 Å². The molecular formula is C19H19NO5S. The number of aryl methyl sites for hydroxylation is 2. The number of esters is 1. The van der Waals surface area contributed by atoms with Gasteiger partial charge in [-0.05, 0) is 62.4 Å². The highest BCUT2D eigenvalue weighted by Crippen LogP contribution is 2.30. The van der Waals surface area contributed by atoms with Crippen molar-refractivity contribution in [1.82, 2.24) is 0 Å². The van der Waals surface area contributed by atoms with E-state index in [4.69, 9.17) is 9.84 Å². The van der Waals surface area contributed by atoms with Crippen LogP contribution >= 0.6 is 11.3 Å². The number of carboxylic acid groups (broad SMARTS) is 1. The number of benzene rings is 1. The van der Waals surface area contributed by atoms with Crippen molar-refractivity contribution < 1.29 is 24.2 Å². The highest BCUT2D eigenvalue weighted by atomic mass is 32.1. The van der Waals surface area contributed by atoms with Gasteiger partial charge >= 0.3 is 11.9 Å². The molecule has 2 aromatic rings.